The predicted octanol–water partition coefficient (Wildman–Crippen LogP) is 3.36. The lowest BCUT2D eigenvalue weighted by Crippen LogP contribution is -2.52. The normalized spacial score (nSPS) is 20.3. The van der Waals surface area contributed by atoms with Crippen molar-refractivity contribution >= 4 is 27.6 Å². The molecule has 0 spiro atoms. The monoisotopic (exact) mass is 631 g/mol. The molecule has 2 heterocycles. The molecule has 2 aromatic rings. The van der Waals surface area contributed by atoms with Gasteiger partial charge in [-0.3, -0.25) is 10.2 Å². The Morgan fingerprint density at radius 2 is 1.81 bits per heavy atom. The summed E-state index contributed by atoms with van der Waals surface area (Å²) < 4.78 is 78.3. The number of likely N-dealkylation sites (N-methyl/N-ethyl adjacent to an activating group) is 2. The first-order valence-corrected chi connectivity index (χ1v) is 15.3. The summed E-state index contributed by atoms with van der Waals surface area (Å²) in [5.74, 6) is -0.989. The van der Waals surface area contributed by atoms with E-state index in [1.165, 1.54) is 26.3 Å². The van der Waals surface area contributed by atoms with E-state index < -0.39 is 39.8 Å². The third-order valence-electron chi connectivity index (χ3n) is 7.45. The molecule has 43 heavy (non-hydrogen) atoms. The number of hydrogen-bond acceptors (Lipinski definition) is 10. The van der Waals surface area contributed by atoms with Gasteiger partial charge in [-0.05, 0) is 44.5 Å². The lowest BCUT2D eigenvalue weighted by atomic mass is 9.92. The zero-order chi connectivity index (χ0) is 30.7. The fourth-order valence-corrected chi connectivity index (χ4v) is 5.65. The molecular weight excluding hydrogens is 591 g/mol. The summed E-state index contributed by atoms with van der Waals surface area (Å²) in [6, 6.07) is 3.94. The molecule has 1 aromatic carbocycles. The molecule has 16 heteroatoms. The van der Waals surface area contributed by atoms with Gasteiger partial charge < -0.3 is 19.7 Å². The van der Waals surface area contributed by atoms with Crippen LogP contribution in [0.2, 0.25) is 0 Å². The molecule has 2 fully saturated rings. The van der Waals surface area contributed by atoms with Crippen molar-refractivity contribution < 1.29 is 35.9 Å². The fourth-order valence-electron chi connectivity index (χ4n) is 4.91. The minimum absolute atomic E-state index is 0. The minimum Gasteiger partial charge on any atom is -0.495 e. The maximum atomic E-state index is 13.9. The number of methoxy groups -OCH3 is 1. The zero-order valence-electron chi connectivity index (χ0n) is 23.9. The molecule has 12 nitrogen and oxygen atoms in total. The highest BCUT2D eigenvalue weighted by atomic mass is 32.2. The summed E-state index contributed by atoms with van der Waals surface area (Å²) in [5.41, 5.74) is 2.33. The van der Waals surface area contributed by atoms with Gasteiger partial charge in [0.25, 0.3) is 5.91 Å². The van der Waals surface area contributed by atoms with Gasteiger partial charge >= 0.3 is 6.18 Å². The van der Waals surface area contributed by atoms with Gasteiger partial charge in [0.15, 0.2) is 0 Å². The lowest BCUT2D eigenvalue weighted by Gasteiger charge is -2.36. The van der Waals surface area contributed by atoms with Crippen molar-refractivity contribution in [1.29, 1.82) is 0 Å². The smallest absolute Gasteiger partial charge is 0.423 e. The van der Waals surface area contributed by atoms with Gasteiger partial charge in [0.1, 0.15) is 17.4 Å². The number of hydrazine groups is 1. The Hall–Kier alpha value is -3.21. The third kappa shape index (κ3) is 8.68. The second-order valence-corrected chi connectivity index (χ2v) is 12.5. The van der Waals surface area contributed by atoms with Gasteiger partial charge in [0, 0.05) is 45.0 Å². The van der Waals surface area contributed by atoms with Gasteiger partial charge in [-0.15, -0.1) is 0 Å². The van der Waals surface area contributed by atoms with Gasteiger partial charge in [0.2, 0.25) is 21.9 Å². The molecule has 1 saturated heterocycles. The molecule has 1 aliphatic heterocycles. The number of anilines is 2. The molecule has 0 bridgehead atoms. The average Bonchev–Trinajstić information content (AvgIpc) is 2.93. The molecule has 1 aromatic heterocycles. The van der Waals surface area contributed by atoms with Crippen LogP contribution in [0, 0.1) is 0 Å². The quantitative estimate of drug-likeness (QED) is 0.425. The van der Waals surface area contributed by atoms with Crippen molar-refractivity contribution in [2.24, 2.45) is 0 Å². The molecule has 0 unspecified atom stereocenters. The highest BCUT2D eigenvalue weighted by Gasteiger charge is 2.40. The number of nitrogens with one attached hydrogen (secondary N) is 2. The SMILES string of the molecule is C.COc1cc(C(=O)NN2CCN(C)CC2)ccc1Nc1ncc(C(F)(F)F)c(O[C@@H]2CCCC[C@H]2N(C)S(C)(=O)=O)n1. The predicted molar refractivity (Wildman–Crippen MR) is 156 cm³/mol. The topological polar surface area (TPSA) is 129 Å². The molecule has 4 rings (SSSR count). The summed E-state index contributed by atoms with van der Waals surface area (Å²) >= 11 is 0. The number of aromatic nitrogens is 2. The van der Waals surface area contributed by atoms with Crippen LogP contribution in [0.3, 0.4) is 0 Å². The van der Waals surface area contributed by atoms with Gasteiger partial charge in [-0.1, -0.05) is 13.8 Å². The van der Waals surface area contributed by atoms with Gasteiger partial charge in [-0.2, -0.15) is 22.5 Å². The van der Waals surface area contributed by atoms with Crippen LogP contribution in [0.15, 0.2) is 24.4 Å². The number of hydrogen-bond donors (Lipinski definition) is 2. The number of benzene rings is 1. The van der Waals surface area contributed by atoms with Crippen LogP contribution >= 0.6 is 0 Å². The Morgan fingerprint density at radius 1 is 1.14 bits per heavy atom. The third-order valence-corrected chi connectivity index (χ3v) is 8.77. The molecule has 240 valence electrons. The Kier molecular flexibility index (Phi) is 11.2. The second-order valence-electron chi connectivity index (χ2n) is 10.5. The molecule has 2 N–H and O–H groups in total. The van der Waals surface area contributed by atoms with E-state index in [-0.39, 0.29) is 25.0 Å². The molecule has 2 aliphatic rings. The number of amides is 1. The van der Waals surface area contributed by atoms with Crippen molar-refractivity contribution in [2.45, 2.75) is 51.4 Å². The van der Waals surface area contributed by atoms with E-state index in [2.05, 4.69) is 25.6 Å². The first kappa shape index (κ1) is 34.3. The number of ether oxygens (including phenoxy) is 2. The number of piperazine rings is 1. The molecular formula is C27H40F3N7O5S. The molecule has 2 atom stereocenters. The second kappa shape index (κ2) is 14.1. The van der Waals surface area contributed by atoms with Crippen LogP contribution in [0.25, 0.3) is 0 Å². The Labute approximate surface area is 250 Å². The maximum Gasteiger partial charge on any atom is 0.423 e. The first-order chi connectivity index (χ1) is 19.8. The Balaban J connectivity index is 0.00000506. The lowest BCUT2D eigenvalue weighted by molar-refractivity contribution is -0.140. The number of nitrogens with zero attached hydrogens (tertiary/aromatic N) is 5. The summed E-state index contributed by atoms with van der Waals surface area (Å²) in [5, 5.41) is 4.68. The highest BCUT2D eigenvalue weighted by molar-refractivity contribution is 7.88. The Morgan fingerprint density at radius 3 is 2.44 bits per heavy atom. The van der Waals surface area contributed by atoms with Gasteiger partial charge in [-0.25, -0.2) is 18.4 Å². The number of sulfonamides is 1. The molecule has 1 saturated carbocycles. The standard InChI is InChI=1S/C26H36F3N7O5S.CH4/c1-34-11-13-36(14-12-34)33-23(37)17-9-10-19(22(15-17)40-3)31-25-30-16-18(26(27,28)29)24(32-25)41-21-8-6-5-7-20(21)35(2)42(4,38)39;/h9-10,15-16,20-21H,5-8,11-14H2,1-4H3,(H,33,37)(H,30,31,32);1H4/t20-,21-;/m1./s1. The van der Waals surface area contributed by atoms with Crippen molar-refractivity contribution in [3.8, 4) is 11.6 Å². The van der Waals surface area contributed by atoms with Crippen LogP contribution in [-0.2, 0) is 16.2 Å². The fraction of sp³-hybridized carbons (Fsp3) is 0.593. The van der Waals surface area contributed by atoms with Crippen LogP contribution in [0.1, 0.15) is 49.0 Å². The molecule has 0 radical (unpaired) electrons. The minimum atomic E-state index is -4.81. The summed E-state index contributed by atoms with van der Waals surface area (Å²) in [4.78, 5) is 22.8. The number of alkyl halides is 3. The average molecular weight is 632 g/mol. The van der Waals surface area contributed by atoms with E-state index in [0.717, 1.165) is 30.1 Å². The van der Waals surface area contributed by atoms with E-state index in [9.17, 15) is 26.4 Å². The van der Waals surface area contributed by atoms with Crippen LogP contribution in [0.5, 0.6) is 11.6 Å². The van der Waals surface area contributed by atoms with Crippen molar-refractivity contribution in [2.75, 3.05) is 59.0 Å². The zero-order valence-corrected chi connectivity index (χ0v) is 24.8. The summed E-state index contributed by atoms with van der Waals surface area (Å²) in [7, 11) is 1.19. The van der Waals surface area contributed by atoms with E-state index in [1.54, 1.807) is 6.07 Å². The Bertz CT molecular complexity index is 1370. The van der Waals surface area contributed by atoms with Crippen LogP contribution < -0.4 is 20.2 Å². The van der Waals surface area contributed by atoms with E-state index in [1.807, 2.05) is 12.1 Å². The van der Waals surface area contributed by atoms with Crippen molar-refractivity contribution in [1.82, 2.24) is 29.6 Å². The van der Waals surface area contributed by atoms with E-state index in [0.29, 0.717) is 49.8 Å². The largest absolute Gasteiger partial charge is 0.495 e. The first-order valence-electron chi connectivity index (χ1n) is 13.5. The van der Waals surface area contributed by atoms with Crippen LogP contribution in [0.4, 0.5) is 24.8 Å². The number of rotatable bonds is 9. The van der Waals surface area contributed by atoms with Crippen molar-refractivity contribution in [3.05, 3.63) is 35.5 Å². The van der Waals surface area contributed by atoms with Crippen molar-refractivity contribution in [3.63, 3.8) is 0 Å². The van der Waals surface area contributed by atoms with Crippen LogP contribution in [-0.4, -0.2) is 104 Å². The van der Waals surface area contributed by atoms with Gasteiger partial charge in [0.05, 0.1) is 25.1 Å². The number of halogens is 3. The number of carbonyl (C=O) groups is 1. The number of carbonyl (C=O) groups excluding carboxylic acids is 1. The molecule has 1 aliphatic carbocycles. The maximum absolute atomic E-state index is 13.9. The summed E-state index contributed by atoms with van der Waals surface area (Å²) in [6.45, 7) is 3.00. The highest BCUT2D eigenvalue weighted by Crippen LogP contribution is 2.38. The summed E-state index contributed by atoms with van der Waals surface area (Å²) in [6.07, 6.45) is -1.79. The van der Waals surface area contributed by atoms with E-state index in [4.69, 9.17) is 9.47 Å². The van der Waals surface area contributed by atoms with E-state index >= 15 is 0 Å². The molecule has 1 amide bonds.